The van der Waals surface area contributed by atoms with Gasteiger partial charge in [0.05, 0.1) is 17.7 Å². The molecule has 6 nitrogen and oxygen atoms in total. The van der Waals surface area contributed by atoms with Gasteiger partial charge in [0.2, 0.25) is 9.84 Å². The molecule has 0 bridgehead atoms. The van der Waals surface area contributed by atoms with Crippen LogP contribution in [0.3, 0.4) is 0 Å². The minimum absolute atomic E-state index is 0.0855. The van der Waals surface area contributed by atoms with Crippen molar-refractivity contribution < 1.29 is 17.9 Å². The van der Waals surface area contributed by atoms with Gasteiger partial charge in [0.15, 0.2) is 5.03 Å². The Morgan fingerprint density at radius 1 is 1.00 bits per heavy atom. The van der Waals surface area contributed by atoms with E-state index in [-0.39, 0.29) is 15.6 Å². The van der Waals surface area contributed by atoms with Crippen LogP contribution in [0.15, 0.2) is 95.1 Å². The van der Waals surface area contributed by atoms with Gasteiger partial charge in [-0.25, -0.2) is 13.4 Å². The number of benzene rings is 3. The summed E-state index contributed by atoms with van der Waals surface area (Å²) < 4.78 is 34.0. The maximum Gasteiger partial charge on any atom is 0.319 e. The van der Waals surface area contributed by atoms with E-state index >= 15 is 0 Å². The smallest absolute Gasteiger partial charge is 0.319 e. The molecule has 8 heteroatoms. The summed E-state index contributed by atoms with van der Waals surface area (Å²) in [6.45, 7) is 1.87. The summed E-state index contributed by atoms with van der Waals surface area (Å²) in [6, 6.07) is 22.3. The third-order valence-corrected chi connectivity index (χ3v) is 7.24. The van der Waals surface area contributed by atoms with E-state index < -0.39 is 21.7 Å². The second kappa shape index (κ2) is 9.21. The fourth-order valence-electron chi connectivity index (χ4n) is 3.64. The number of carbonyl (C=O) groups excluding carboxylic acids is 1. The molecular weight excluding hydrogens is 460 g/mol. The van der Waals surface area contributed by atoms with Crippen LogP contribution in [-0.2, 0) is 19.4 Å². The Balaban J connectivity index is 2.03. The van der Waals surface area contributed by atoms with Crippen LogP contribution in [0, 0.1) is 6.92 Å². The third-order valence-electron chi connectivity index (χ3n) is 5.28. The summed E-state index contributed by atoms with van der Waals surface area (Å²) in [5, 5.41) is 0.245. The van der Waals surface area contributed by atoms with Crippen LogP contribution in [0.5, 0.6) is 0 Å². The minimum Gasteiger partial charge on any atom is -0.468 e. The molecular formula is C25H21ClN2O4S. The quantitative estimate of drug-likeness (QED) is 0.364. The molecule has 1 heterocycles. The van der Waals surface area contributed by atoms with Crippen LogP contribution in [0.4, 0.5) is 0 Å². The minimum atomic E-state index is -4.05. The summed E-state index contributed by atoms with van der Waals surface area (Å²) >= 11 is 6.20. The number of ether oxygens (including phenoxy) is 1. The Labute approximate surface area is 197 Å². The first kappa shape index (κ1) is 22.8. The zero-order valence-electron chi connectivity index (χ0n) is 18.0. The van der Waals surface area contributed by atoms with Gasteiger partial charge in [0, 0.05) is 10.7 Å². The summed E-state index contributed by atoms with van der Waals surface area (Å²) in [6.07, 6.45) is 1.39. The zero-order valence-corrected chi connectivity index (χ0v) is 19.5. The van der Waals surface area contributed by atoms with Crippen molar-refractivity contribution in [3.05, 3.63) is 107 Å². The summed E-state index contributed by atoms with van der Waals surface area (Å²) in [4.78, 5) is 17.4. The number of hydrogen-bond acceptors (Lipinski definition) is 5. The number of imidazole rings is 1. The first-order chi connectivity index (χ1) is 15.8. The van der Waals surface area contributed by atoms with Crippen molar-refractivity contribution in [2.45, 2.75) is 22.8 Å². The molecule has 1 atom stereocenters. The van der Waals surface area contributed by atoms with E-state index in [4.69, 9.17) is 16.3 Å². The Morgan fingerprint density at radius 2 is 1.70 bits per heavy atom. The Bertz CT molecular complexity index is 1400. The molecule has 0 fully saturated rings. The topological polar surface area (TPSA) is 78.3 Å². The van der Waals surface area contributed by atoms with Crippen molar-refractivity contribution in [1.82, 2.24) is 9.55 Å². The Kier molecular flexibility index (Phi) is 6.35. The molecule has 0 saturated carbocycles. The van der Waals surface area contributed by atoms with Gasteiger partial charge in [-0.1, -0.05) is 65.7 Å². The van der Waals surface area contributed by atoms with Crippen LogP contribution < -0.4 is 0 Å². The normalized spacial score (nSPS) is 12.3. The van der Waals surface area contributed by atoms with E-state index in [1.165, 1.54) is 25.6 Å². The van der Waals surface area contributed by atoms with Crippen molar-refractivity contribution in [3.63, 3.8) is 0 Å². The molecule has 33 heavy (non-hydrogen) atoms. The molecule has 3 aromatic carbocycles. The standard InChI is InChI=1S/C25H21ClN2O4S/c1-17-11-13-21(14-12-17)33(30,31)24-23(22(25(29)32-2)18-7-4-3-5-8-18)28(16-27-24)20-10-6-9-19(26)15-20/h3-16,22H,1-2H3. The molecule has 168 valence electrons. The van der Waals surface area contributed by atoms with Crippen molar-refractivity contribution in [1.29, 1.82) is 0 Å². The number of halogens is 1. The van der Waals surface area contributed by atoms with Gasteiger partial charge in [0.1, 0.15) is 12.2 Å². The molecule has 0 N–H and O–H groups in total. The van der Waals surface area contributed by atoms with Gasteiger partial charge in [-0.05, 0) is 42.8 Å². The second-order valence-electron chi connectivity index (χ2n) is 7.47. The molecule has 0 aliphatic carbocycles. The molecule has 0 saturated heterocycles. The first-order valence-corrected chi connectivity index (χ1v) is 12.0. The van der Waals surface area contributed by atoms with E-state index in [0.717, 1.165) is 5.56 Å². The summed E-state index contributed by atoms with van der Waals surface area (Å²) in [5.41, 5.74) is 2.25. The molecule has 0 amide bonds. The Morgan fingerprint density at radius 3 is 2.33 bits per heavy atom. The lowest BCUT2D eigenvalue weighted by molar-refractivity contribution is -0.141. The van der Waals surface area contributed by atoms with Crippen LogP contribution in [-0.4, -0.2) is 31.0 Å². The highest BCUT2D eigenvalue weighted by atomic mass is 35.5. The van der Waals surface area contributed by atoms with Gasteiger partial charge in [-0.3, -0.25) is 4.79 Å². The number of methoxy groups -OCH3 is 1. The maximum atomic E-state index is 13.7. The predicted octanol–water partition coefficient (Wildman–Crippen LogP) is 4.97. The van der Waals surface area contributed by atoms with Crippen LogP contribution >= 0.6 is 11.6 Å². The number of rotatable bonds is 6. The highest BCUT2D eigenvalue weighted by Gasteiger charge is 2.36. The average molecular weight is 481 g/mol. The number of aryl methyl sites for hydroxylation is 1. The highest BCUT2D eigenvalue weighted by molar-refractivity contribution is 7.91. The monoisotopic (exact) mass is 480 g/mol. The number of hydrogen-bond donors (Lipinski definition) is 0. The van der Waals surface area contributed by atoms with E-state index in [9.17, 15) is 13.2 Å². The van der Waals surface area contributed by atoms with Crippen molar-refractivity contribution in [3.8, 4) is 5.69 Å². The van der Waals surface area contributed by atoms with Gasteiger partial charge in [-0.15, -0.1) is 0 Å². The second-order valence-corrected chi connectivity index (χ2v) is 9.77. The van der Waals surface area contributed by atoms with Crippen LogP contribution in [0.1, 0.15) is 22.7 Å². The van der Waals surface area contributed by atoms with Crippen molar-refractivity contribution in [2.24, 2.45) is 0 Å². The van der Waals surface area contributed by atoms with Crippen molar-refractivity contribution >= 4 is 27.4 Å². The van der Waals surface area contributed by atoms with E-state index in [0.29, 0.717) is 16.3 Å². The van der Waals surface area contributed by atoms with Crippen molar-refractivity contribution in [2.75, 3.05) is 7.11 Å². The summed E-state index contributed by atoms with van der Waals surface area (Å²) in [7, 11) is -2.78. The first-order valence-electron chi connectivity index (χ1n) is 10.1. The highest BCUT2D eigenvalue weighted by Crippen LogP contribution is 2.35. The number of nitrogens with zero attached hydrogens (tertiary/aromatic N) is 2. The lowest BCUT2D eigenvalue weighted by Gasteiger charge is -2.19. The van der Waals surface area contributed by atoms with E-state index in [2.05, 4.69) is 4.98 Å². The lowest BCUT2D eigenvalue weighted by atomic mass is 9.96. The molecule has 4 aromatic rings. The third kappa shape index (κ3) is 4.42. The summed E-state index contributed by atoms with van der Waals surface area (Å²) in [5.74, 6) is -1.64. The zero-order chi connectivity index (χ0) is 23.6. The fraction of sp³-hybridized carbons (Fsp3) is 0.120. The van der Waals surface area contributed by atoms with Crippen LogP contribution in [0.25, 0.3) is 5.69 Å². The maximum absolute atomic E-state index is 13.7. The lowest BCUT2D eigenvalue weighted by Crippen LogP contribution is -2.21. The molecule has 1 unspecified atom stereocenters. The molecule has 0 aliphatic heterocycles. The average Bonchev–Trinajstić information content (AvgIpc) is 3.25. The number of carbonyl (C=O) groups is 1. The molecule has 0 aliphatic rings. The van der Waals surface area contributed by atoms with Crippen LogP contribution in [0.2, 0.25) is 5.02 Å². The predicted molar refractivity (Wildman–Crippen MR) is 126 cm³/mol. The fourth-order valence-corrected chi connectivity index (χ4v) is 5.22. The Hall–Kier alpha value is -3.42. The molecule has 4 rings (SSSR count). The van der Waals surface area contributed by atoms with E-state index in [1.54, 1.807) is 65.2 Å². The SMILES string of the molecule is COC(=O)C(c1ccccc1)c1c(S(=O)(=O)c2ccc(C)cc2)ncn1-c1cccc(Cl)c1. The number of esters is 1. The molecule has 0 radical (unpaired) electrons. The van der Waals surface area contributed by atoms with E-state index in [1.807, 2.05) is 13.0 Å². The van der Waals surface area contributed by atoms with Gasteiger partial charge in [-0.2, -0.15) is 0 Å². The van der Waals surface area contributed by atoms with Gasteiger partial charge < -0.3 is 9.30 Å². The van der Waals surface area contributed by atoms with Gasteiger partial charge >= 0.3 is 5.97 Å². The van der Waals surface area contributed by atoms with Gasteiger partial charge in [0.25, 0.3) is 0 Å². The largest absolute Gasteiger partial charge is 0.468 e. The number of aromatic nitrogens is 2. The number of sulfone groups is 1. The molecule has 1 aromatic heterocycles. The molecule has 0 spiro atoms.